The van der Waals surface area contributed by atoms with Crippen LogP contribution in [0.4, 0.5) is 0 Å². The Morgan fingerprint density at radius 2 is 1.45 bits per heavy atom. The van der Waals surface area contributed by atoms with E-state index in [1.54, 1.807) is 48.5 Å². The van der Waals surface area contributed by atoms with Gasteiger partial charge in [-0.15, -0.1) is 0 Å². The molecule has 5 nitrogen and oxygen atoms in total. The fourth-order valence-corrected chi connectivity index (χ4v) is 1.89. The Morgan fingerprint density at radius 3 is 2.05 bits per heavy atom. The molecule has 5 heteroatoms. The van der Waals surface area contributed by atoms with Crippen molar-refractivity contribution in [3.63, 3.8) is 0 Å². The van der Waals surface area contributed by atoms with Crippen LogP contribution in [-0.4, -0.2) is 23.8 Å². The number of ketones is 1. The molecule has 0 saturated carbocycles. The molecular formula is C17H15NO4. The van der Waals surface area contributed by atoms with Crippen molar-refractivity contribution < 1.29 is 19.1 Å². The van der Waals surface area contributed by atoms with E-state index in [4.69, 9.17) is 10.5 Å². The molecule has 112 valence electrons. The summed E-state index contributed by atoms with van der Waals surface area (Å²) in [6.07, 6.45) is -1.06. The molecule has 0 saturated heterocycles. The van der Waals surface area contributed by atoms with Crippen LogP contribution in [0.15, 0.2) is 54.6 Å². The van der Waals surface area contributed by atoms with E-state index in [2.05, 4.69) is 0 Å². The topological polar surface area (TPSA) is 86.5 Å². The molecule has 1 amide bonds. The molecule has 2 rings (SSSR count). The van der Waals surface area contributed by atoms with Crippen LogP contribution in [-0.2, 0) is 9.53 Å². The number of nitrogens with two attached hydrogens (primary N) is 1. The lowest BCUT2D eigenvalue weighted by atomic mass is 9.98. The quantitative estimate of drug-likeness (QED) is 0.675. The molecule has 2 aromatic carbocycles. The van der Waals surface area contributed by atoms with Crippen LogP contribution in [0.1, 0.15) is 33.2 Å². The molecule has 0 aliphatic heterocycles. The van der Waals surface area contributed by atoms with Gasteiger partial charge >= 0.3 is 5.97 Å². The van der Waals surface area contributed by atoms with E-state index in [1.165, 1.54) is 13.0 Å². The maximum absolute atomic E-state index is 12.5. The Kier molecular flexibility index (Phi) is 4.68. The van der Waals surface area contributed by atoms with Crippen molar-refractivity contribution in [3.05, 3.63) is 71.3 Å². The van der Waals surface area contributed by atoms with Gasteiger partial charge in [0.2, 0.25) is 0 Å². The second-order valence-corrected chi connectivity index (χ2v) is 4.69. The minimum atomic E-state index is -1.06. The third kappa shape index (κ3) is 3.38. The van der Waals surface area contributed by atoms with Gasteiger partial charge in [-0.3, -0.25) is 9.59 Å². The Labute approximate surface area is 127 Å². The van der Waals surface area contributed by atoms with E-state index in [9.17, 15) is 14.4 Å². The van der Waals surface area contributed by atoms with Gasteiger partial charge in [-0.1, -0.05) is 48.5 Å². The summed E-state index contributed by atoms with van der Waals surface area (Å²) in [5, 5.41) is 0. The predicted octanol–water partition coefficient (Wildman–Crippen LogP) is 1.95. The molecule has 0 heterocycles. The number of ether oxygens (including phenoxy) is 1. The highest BCUT2D eigenvalue weighted by atomic mass is 16.5. The van der Waals surface area contributed by atoms with Crippen LogP contribution in [0.5, 0.6) is 0 Å². The van der Waals surface area contributed by atoms with Gasteiger partial charge in [-0.2, -0.15) is 0 Å². The zero-order valence-electron chi connectivity index (χ0n) is 12.0. The molecule has 0 unspecified atom stereocenters. The Morgan fingerprint density at radius 1 is 0.909 bits per heavy atom. The van der Waals surface area contributed by atoms with Crippen LogP contribution in [0.25, 0.3) is 0 Å². The van der Waals surface area contributed by atoms with Crippen LogP contribution in [0.2, 0.25) is 0 Å². The lowest BCUT2D eigenvalue weighted by Gasteiger charge is -2.12. The highest BCUT2D eigenvalue weighted by Crippen LogP contribution is 2.16. The first-order valence-corrected chi connectivity index (χ1v) is 6.69. The molecule has 0 aliphatic rings. The average Bonchev–Trinajstić information content (AvgIpc) is 2.54. The van der Waals surface area contributed by atoms with E-state index in [0.29, 0.717) is 5.56 Å². The number of hydrogen-bond donors (Lipinski definition) is 1. The third-order valence-electron chi connectivity index (χ3n) is 3.11. The van der Waals surface area contributed by atoms with E-state index < -0.39 is 18.0 Å². The molecule has 2 aromatic rings. The van der Waals surface area contributed by atoms with Crippen molar-refractivity contribution in [1.29, 1.82) is 0 Å². The largest absolute Gasteiger partial charge is 0.449 e. The molecule has 0 spiro atoms. The fraction of sp³-hybridized carbons (Fsp3) is 0.118. The van der Waals surface area contributed by atoms with Crippen LogP contribution in [0.3, 0.4) is 0 Å². The fourth-order valence-electron chi connectivity index (χ4n) is 1.89. The summed E-state index contributed by atoms with van der Waals surface area (Å²) in [4.78, 5) is 35.6. The minimum absolute atomic E-state index is 0.101. The lowest BCUT2D eigenvalue weighted by Crippen LogP contribution is -2.30. The minimum Gasteiger partial charge on any atom is -0.449 e. The van der Waals surface area contributed by atoms with Crippen LogP contribution in [0, 0.1) is 0 Å². The summed E-state index contributed by atoms with van der Waals surface area (Å²) < 4.78 is 4.96. The van der Waals surface area contributed by atoms with Gasteiger partial charge in [0, 0.05) is 11.1 Å². The Hall–Kier alpha value is -2.95. The monoisotopic (exact) mass is 297 g/mol. The normalized spacial score (nSPS) is 11.5. The van der Waals surface area contributed by atoms with Gasteiger partial charge in [0.15, 0.2) is 11.9 Å². The van der Waals surface area contributed by atoms with Crippen LogP contribution >= 0.6 is 0 Å². The molecule has 0 radical (unpaired) electrons. The van der Waals surface area contributed by atoms with Crippen molar-refractivity contribution in [1.82, 2.24) is 0 Å². The Balaban J connectivity index is 2.33. The van der Waals surface area contributed by atoms with E-state index in [-0.39, 0.29) is 16.9 Å². The SMILES string of the molecule is C[C@H](OC(=O)c1ccccc1C(=O)c1ccccc1)C(N)=O. The summed E-state index contributed by atoms with van der Waals surface area (Å²) in [6, 6.07) is 14.9. The highest BCUT2D eigenvalue weighted by molar-refractivity contribution is 6.14. The number of primary amides is 1. The van der Waals surface area contributed by atoms with Gasteiger partial charge in [0.1, 0.15) is 0 Å². The number of carbonyl (C=O) groups is 3. The number of carbonyl (C=O) groups excluding carboxylic acids is 3. The molecule has 0 aliphatic carbocycles. The zero-order valence-corrected chi connectivity index (χ0v) is 12.0. The van der Waals surface area contributed by atoms with Crippen molar-refractivity contribution >= 4 is 17.7 Å². The van der Waals surface area contributed by atoms with Gasteiger partial charge in [-0.25, -0.2) is 4.79 Å². The lowest BCUT2D eigenvalue weighted by molar-refractivity contribution is -0.125. The van der Waals surface area contributed by atoms with Gasteiger partial charge < -0.3 is 10.5 Å². The summed E-state index contributed by atoms with van der Waals surface area (Å²) in [7, 11) is 0. The first-order chi connectivity index (χ1) is 10.5. The summed E-state index contributed by atoms with van der Waals surface area (Å²) in [6.45, 7) is 1.38. The van der Waals surface area contributed by atoms with Crippen molar-refractivity contribution in [3.8, 4) is 0 Å². The molecule has 22 heavy (non-hydrogen) atoms. The van der Waals surface area contributed by atoms with E-state index in [0.717, 1.165) is 0 Å². The second-order valence-electron chi connectivity index (χ2n) is 4.69. The zero-order chi connectivity index (χ0) is 16.1. The maximum Gasteiger partial charge on any atom is 0.339 e. The number of esters is 1. The smallest absolute Gasteiger partial charge is 0.339 e. The summed E-state index contributed by atoms with van der Waals surface area (Å²) in [5.41, 5.74) is 5.85. The van der Waals surface area contributed by atoms with Gasteiger partial charge in [-0.05, 0) is 13.0 Å². The number of benzene rings is 2. The van der Waals surface area contributed by atoms with Crippen molar-refractivity contribution in [2.24, 2.45) is 5.73 Å². The molecule has 0 aromatic heterocycles. The number of amides is 1. The molecule has 1 atom stereocenters. The van der Waals surface area contributed by atoms with E-state index in [1.807, 2.05) is 0 Å². The molecule has 0 bridgehead atoms. The molecular weight excluding hydrogens is 282 g/mol. The van der Waals surface area contributed by atoms with Crippen LogP contribution < -0.4 is 5.73 Å². The highest BCUT2D eigenvalue weighted by Gasteiger charge is 2.22. The first kappa shape index (κ1) is 15.4. The van der Waals surface area contributed by atoms with E-state index >= 15 is 0 Å². The standard InChI is InChI=1S/C17H15NO4/c1-11(16(18)20)22-17(21)14-10-6-5-9-13(14)15(19)12-7-3-2-4-8-12/h2-11H,1H3,(H2,18,20)/t11-/m0/s1. The maximum atomic E-state index is 12.5. The predicted molar refractivity (Wildman–Crippen MR) is 80.4 cm³/mol. The number of rotatable bonds is 5. The Bertz CT molecular complexity index is 710. The van der Waals surface area contributed by atoms with Gasteiger partial charge in [0.05, 0.1) is 5.56 Å². The molecule has 2 N–H and O–H groups in total. The second kappa shape index (κ2) is 6.67. The van der Waals surface area contributed by atoms with Crippen molar-refractivity contribution in [2.75, 3.05) is 0 Å². The molecule has 0 fully saturated rings. The van der Waals surface area contributed by atoms with Crippen molar-refractivity contribution in [2.45, 2.75) is 13.0 Å². The average molecular weight is 297 g/mol. The summed E-state index contributed by atoms with van der Waals surface area (Å²) in [5.74, 6) is -1.80. The first-order valence-electron chi connectivity index (χ1n) is 6.69. The number of hydrogen-bond acceptors (Lipinski definition) is 4. The third-order valence-corrected chi connectivity index (χ3v) is 3.11. The van der Waals surface area contributed by atoms with Gasteiger partial charge in [0.25, 0.3) is 5.91 Å². The summed E-state index contributed by atoms with van der Waals surface area (Å²) >= 11 is 0.